The Morgan fingerprint density at radius 2 is 1.94 bits per heavy atom. The van der Waals surface area contributed by atoms with E-state index in [-0.39, 0.29) is 5.41 Å². The highest BCUT2D eigenvalue weighted by Gasteiger charge is 2.35. The Hall–Kier alpha value is -1.57. The van der Waals surface area contributed by atoms with Crippen LogP contribution in [-0.2, 0) is 11.8 Å². The van der Waals surface area contributed by atoms with Crippen LogP contribution in [-0.4, -0.2) is 9.97 Å². The Balaban J connectivity index is 2.37. The van der Waals surface area contributed by atoms with Gasteiger partial charge in [0.2, 0.25) is 0 Å². The molecule has 2 nitrogen and oxygen atoms in total. The Kier molecular flexibility index (Phi) is 3.85. The summed E-state index contributed by atoms with van der Waals surface area (Å²) in [6.07, 6.45) is 5.94. The van der Waals surface area contributed by atoms with E-state index in [2.05, 4.69) is 61.1 Å². The molecule has 0 aliphatic heterocycles. The van der Waals surface area contributed by atoms with Crippen molar-refractivity contribution in [3.05, 3.63) is 54.1 Å². The molecule has 0 bridgehead atoms. The Labute approximate surface area is 109 Å². The predicted octanol–water partition coefficient (Wildman–Crippen LogP) is 3.96. The first-order chi connectivity index (χ1) is 8.69. The summed E-state index contributed by atoms with van der Waals surface area (Å²) in [6.45, 7) is 6.87. The third-order valence-corrected chi connectivity index (χ3v) is 4.13. The highest BCUT2D eigenvalue weighted by Crippen LogP contribution is 2.37. The topological polar surface area (TPSA) is 28.7 Å². The SMILES string of the molecule is CCC(Cc1ccccc1)(c1cnc[nH]1)C(C)C. The second-order valence-corrected chi connectivity index (χ2v) is 5.29. The van der Waals surface area contributed by atoms with E-state index in [9.17, 15) is 0 Å². The van der Waals surface area contributed by atoms with Gasteiger partial charge in [-0.2, -0.15) is 0 Å². The van der Waals surface area contributed by atoms with Crippen LogP contribution in [0.3, 0.4) is 0 Å². The molecule has 1 heterocycles. The molecule has 1 N–H and O–H groups in total. The largest absolute Gasteiger partial charge is 0.348 e. The van der Waals surface area contributed by atoms with Crippen LogP contribution in [0.4, 0.5) is 0 Å². The molecule has 2 rings (SSSR count). The van der Waals surface area contributed by atoms with E-state index in [1.807, 2.05) is 6.20 Å². The molecule has 2 aromatic rings. The van der Waals surface area contributed by atoms with Crippen LogP contribution in [0.25, 0.3) is 0 Å². The molecule has 0 aliphatic carbocycles. The van der Waals surface area contributed by atoms with Gasteiger partial charge in [-0.3, -0.25) is 0 Å². The van der Waals surface area contributed by atoms with Crippen molar-refractivity contribution in [1.82, 2.24) is 9.97 Å². The molecule has 0 spiro atoms. The molecule has 1 unspecified atom stereocenters. The van der Waals surface area contributed by atoms with Crippen LogP contribution in [0, 0.1) is 5.92 Å². The zero-order valence-corrected chi connectivity index (χ0v) is 11.5. The molecule has 0 saturated heterocycles. The molecule has 0 aliphatic rings. The summed E-state index contributed by atoms with van der Waals surface area (Å²) in [6, 6.07) is 10.7. The van der Waals surface area contributed by atoms with Gasteiger partial charge in [0, 0.05) is 17.3 Å². The molecule has 2 heteroatoms. The normalized spacial score (nSPS) is 14.7. The van der Waals surface area contributed by atoms with Gasteiger partial charge < -0.3 is 4.98 Å². The van der Waals surface area contributed by atoms with Crippen LogP contribution in [0.2, 0.25) is 0 Å². The van der Waals surface area contributed by atoms with Gasteiger partial charge in [0.1, 0.15) is 0 Å². The monoisotopic (exact) mass is 242 g/mol. The van der Waals surface area contributed by atoms with Crippen LogP contribution in [0.1, 0.15) is 38.4 Å². The summed E-state index contributed by atoms with van der Waals surface area (Å²) in [4.78, 5) is 7.52. The van der Waals surface area contributed by atoms with Crippen molar-refractivity contribution in [3.63, 3.8) is 0 Å². The molecule has 1 atom stereocenters. The average molecular weight is 242 g/mol. The number of imidazole rings is 1. The van der Waals surface area contributed by atoms with Gasteiger partial charge in [0.15, 0.2) is 0 Å². The molecule has 96 valence electrons. The summed E-state index contributed by atoms with van der Waals surface area (Å²) < 4.78 is 0. The van der Waals surface area contributed by atoms with Crippen molar-refractivity contribution < 1.29 is 0 Å². The van der Waals surface area contributed by atoms with E-state index in [1.54, 1.807) is 6.33 Å². The molecule has 0 radical (unpaired) electrons. The maximum absolute atomic E-state index is 4.20. The Morgan fingerprint density at radius 1 is 1.22 bits per heavy atom. The average Bonchev–Trinajstić information content (AvgIpc) is 2.91. The van der Waals surface area contributed by atoms with Crippen molar-refractivity contribution >= 4 is 0 Å². The van der Waals surface area contributed by atoms with Gasteiger partial charge in [0.05, 0.1) is 6.33 Å². The number of benzene rings is 1. The quantitative estimate of drug-likeness (QED) is 0.844. The maximum Gasteiger partial charge on any atom is 0.0921 e. The summed E-state index contributed by atoms with van der Waals surface area (Å²) >= 11 is 0. The van der Waals surface area contributed by atoms with Crippen molar-refractivity contribution in [2.24, 2.45) is 5.92 Å². The number of H-pyrrole nitrogens is 1. The molecule has 0 fully saturated rings. The van der Waals surface area contributed by atoms with Crippen molar-refractivity contribution in [2.45, 2.75) is 39.0 Å². The van der Waals surface area contributed by atoms with Crippen molar-refractivity contribution in [3.8, 4) is 0 Å². The lowest BCUT2D eigenvalue weighted by Crippen LogP contribution is -2.34. The highest BCUT2D eigenvalue weighted by atomic mass is 14.9. The number of nitrogens with one attached hydrogen (secondary N) is 1. The molecule has 0 saturated carbocycles. The van der Waals surface area contributed by atoms with Crippen molar-refractivity contribution in [2.75, 3.05) is 0 Å². The second kappa shape index (κ2) is 5.38. The van der Waals surface area contributed by atoms with Crippen LogP contribution >= 0.6 is 0 Å². The fourth-order valence-electron chi connectivity index (χ4n) is 2.82. The van der Waals surface area contributed by atoms with Gasteiger partial charge in [0.25, 0.3) is 0 Å². The number of rotatable bonds is 5. The second-order valence-electron chi connectivity index (χ2n) is 5.29. The smallest absolute Gasteiger partial charge is 0.0921 e. The van der Waals surface area contributed by atoms with E-state index in [0.717, 1.165) is 12.8 Å². The first-order valence-corrected chi connectivity index (χ1v) is 6.72. The molecule has 1 aromatic heterocycles. The van der Waals surface area contributed by atoms with Gasteiger partial charge in [-0.25, -0.2) is 4.98 Å². The standard InChI is InChI=1S/C16H22N2/c1-4-16(13(2)3,15-11-17-12-18-15)10-14-8-6-5-7-9-14/h5-9,11-13H,4,10H2,1-3H3,(H,17,18). The highest BCUT2D eigenvalue weighted by molar-refractivity contribution is 5.24. The fraction of sp³-hybridized carbons (Fsp3) is 0.438. The van der Waals surface area contributed by atoms with E-state index in [1.165, 1.54) is 11.3 Å². The van der Waals surface area contributed by atoms with E-state index in [0.29, 0.717) is 5.92 Å². The third-order valence-electron chi connectivity index (χ3n) is 4.13. The summed E-state index contributed by atoms with van der Waals surface area (Å²) in [5.41, 5.74) is 2.80. The van der Waals surface area contributed by atoms with E-state index >= 15 is 0 Å². The minimum absolute atomic E-state index is 0.151. The number of hydrogen-bond acceptors (Lipinski definition) is 1. The summed E-state index contributed by atoms with van der Waals surface area (Å²) in [5.74, 6) is 0.572. The van der Waals surface area contributed by atoms with Crippen molar-refractivity contribution in [1.29, 1.82) is 0 Å². The maximum atomic E-state index is 4.20. The zero-order chi connectivity index (χ0) is 13.0. The first-order valence-electron chi connectivity index (χ1n) is 6.72. The van der Waals surface area contributed by atoms with Crippen LogP contribution < -0.4 is 0 Å². The lowest BCUT2D eigenvalue weighted by atomic mass is 9.69. The van der Waals surface area contributed by atoms with E-state index < -0.39 is 0 Å². The predicted molar refractivity (Wildman–Crippen MR) is 75.5 cm³/mol. The van der Waals surface area contributed by atoms with Crippen LogP contribution in [0.5, 0.6) is 0 Å². The minimum Gasteiger partial charge on any atom is -0.348 e. The molecule has 1 aromatic carbocycles. The Bertz CT molecular complexity index is 459. The van der Waals surface area contributed by atoms with Gasteiger partial charge in [-0.1, -0.05) is 51.1 Å². The van der Waals surface area contributed by atoms with Crippen LogP contribution in [0.15, 0.2) is 42.9 Å². The third kappa shape index (κ3) is 2.33. The lowest BCUT2D eigenvalue weighted by Gasteiger charge is -2.36. The number of nitrogens with zero attached hydrogens (tertiary/aromatic N) is 1. The summed E-state index contributed by atoms with van der Waals surface area (Å²) in [7, 11) is 0. The zero-order valence-electron chi connectivity index (χ0n) is 11.5. The first kappa shape index (κ1) is 12.9. The van der Waals surface area contributed by atoms with Gasteiger partial charge in [-0.05, 0) is 24.3 Å². The van der Waals surface area contributed by atoms with Gasteiger partial charge >= 0.3 is 0 Å². The number of aromatic amines is 1. The lowest BCUT2D eigenvalue weighted by molar-refractivity contribution is 0.285. The molecular formula is C16H22N2. The Morgan fingerprint density at radius 3 is 2.44 bits per heavy atom. The molecule has 0 amide bonds. The number of hydrogen-bond donors (Lipinski definition) is 1. The molecule has 18 heavy (non-hydrogen) atoms. The molecular weight excluding hydrogens is 220 g/mol. The minimum atomic E-state index is 0.151. The fourth-order valence-corrected chi connectivity index (χ4v) is 2.82. The van der Waals surface area contributed by atoms with E-state index in [4.69, 9.17) is 0 Å². The summed E-state index contributed by atoms with van der Waals surface area (Å²) in [5, 5.41) is 0. The van der Waals surface area contributed by atoms with Gasteiger partial charge in [-0.15, -0.1) is 0 Å². The number of aromatic nitrogens is 2.